The number of hydrogen-bond acceptors (Lipinski definition) is 3. The summed E-state index contributed by atoms with van der Waals surface area (Å²) < 4.78 is 70.1. The fraction of sp³-hybridized carbons (Fsp3) is 0.125. The van der Waals surface area contributed by atoms with Crippen LogP contribution in [0.15, 0.2) is 54.7 Å². The molecule has 1 aromatic carbocycles. The molecule has 0 bridgehead atoms. The Hall–Kier alpha value is -2.35. The van der Waals surface area contributed by atoms with E-state index in [-0.39, 0.29) is 21.1 Å². The Kier molecular flexibility index (Phi) is 7.19. The number of aromatic nitrogens is 2. The molecule has 148 valence electrons. The van der Waals surface area contributed by atoms with Crippen molar-refractivity contribution in [3.63, 3.8) is 0 Å². The molecule has 2 heterocycles. The van der Waals surface area contributed by atoms with Gasteiger partial charge in [0.25, 0.3) is 5.78 Å². The second kappa shape index (κ2) is 8.56. The van der Waals surface area contributed by atoms with Crippen molar-refractivity contribution in [2.45, 2.75) is 12.4 Å². The predicted octanol–water partition coefficient (Wildman–Crippen LogP) is 4.41. The molecule has 0 spiro atoms. The average Bonchev–Trinajstić information content (AvgIpc) is 3.02. The molecule has 27 heavy (non-hydrogen) atoms. The van der Waals surface area contributed by atoms with Crippen LogP contribution in [0.2, 0.25) is 0 Å². The maximum absolute atomic E-state index is 11.4. The molecular weight excluding hydrogens is 561 g/mol. The molecule has 0 radical (unpaired) electrons. The van der Waals surface area contributed by atoms with Gasteiger partial charge in [0.05, 0.1) is 5.65 Å². The number of imidazole rings is 1. The molecule has 0 aliphatic carbocycles. The van der Waals surface area contributed by atoms with Crippen LogP contribution in [0.3, 0.4) is 0 Å². The van der Waals surface area contributed by atoms with Gasteiger partial charge in [-0.1, -0.05) is 6.07 Å². The molecule has 0 fully saturated rings. The number of pyridine rings is 1. The Morgan fingerprint density at radius 2 is 1.78 bits per heavy atom. The second-order valence-electron chi connectivity index (χ2n) is 4.86. The van der Waals surface area contributed by atoms with Gasteiger partial charge < -0.3 is 9.51 Å². The first-order valence-corrected chi connectivity index (χ1v) is 6.81. The quantitative estimate of drug-likeness (QED) is 0.204. The first-order valence-electron chi connectivity index (χ1n) is 6.81. The van der Waals surface area contributed by atoms with Crippen LogP contribution in [-0.2, 0) is 25.9 Å². The van der Waals surface area contributed by atoms with Crippen molar-refractivity contribution < 1.29 is 57.3 Å². The van der Waals surface area contributed by atoms with Gasteiger partial charge in [0.15, 0.2) is 0 Å². The van der Waals surface area contributed by atoms with Gasteiger partial charge >= 0.3 is 12.4 Å². The van der Waals surface area contributed by atoms with Crippen molar-refractivity contribution in [1.29, 1.82) is 0 Å². The van der Waals surface area contributed by atoms with E-state index in [9.17, 15) is 31.1 Å². The summed E-state index contributed by atoms with van der Waals surface area (Å²) in [6, 6.07) is 11.2. The van der Waals surface area contributed by atoms with Crippen LogP contribution in [-0.4, -0.2) is 32.6 Å². The average molecular weight is 570 g/mol. The number of aliphatic hydroxyl groups excluding tert-OH is 1. The van der Waals surface area contributed by atoms with Crippen molar-refractivity contribution >= 4 is 22.2 Å². The summed E-state index contributed by atoms with van der Waals surface area (Å²) in [6.07, 6.45) is -5.93. The maximum Gasteiger partial charge on any atom is 0.454 e. The maximum atomic E-state index is 11.4. The normalized spacial score (nSPS) is 12.3. The smallest absolute Gasteiger partial charge is 0.454 e. The minimum absolute atomic E-state index is 0. The summed E-state index contributed by atoms with van der Waals surface area (Å²) >= 11 is 0. The number of alkyl halides is 6. The molecule has 0 saturated carbocycles. The Morgan fingerprint density at radius 1 is 1.11 bits per heavy atom. The molecule has 1 N–H and O–H groups in total. The number of nitrogens with zero attached hydrogens (tertiary/aromatic N) is 2. The number of rotatable bonds is 1. The molecule has 0 atom stereocenters. The standard InChI is InChI=1S/C11H7N2.C5H2F6O2.Pt/c1-2-4-10-9(3-1)5-7-13-8-6-12-11(10)13;6-4(7,8)2(12)1-3(13)5(9,10)11;/h1-3,5-8H;1,12H;/q-1;;/b;2-1-;. The van der Waals surface area contributed by atoms with Crippen molar-refractivity contribution in [3.05, 3.63) is 60.8 Å². The number of carbonyl (C=O) groups is 1. The van der Waals surface area contributed by atoms with Crippen LogP contribution < -0.4 is 0 Å². The molecule has 3 aromatic rings. The molecule has 0 amide bonds. The number of aliphatic hydroxyl groups is 1. The summed E-state index contributed by atoms with van der Waals surface area (Å²) in [6.45, 7) is 0. The number of ketones is 1. The van der Waals surface area contributed by atoms with Gasteiger partial charge in [0.1, 0.15) is 0 Å². The summed E-state index contributed by atoms with van der Waals surface area (Å²) in [5.74, 6) is -5.34. The Bertz CT molecular complexity index is 963. The zero-order valence-electron chi connectivity index (χ0n) is 13.0. The fourth-order valence-corrected chi connectivity index (χ4v) is 1.86. The number of allylic oxidation sites excluding steroid dienone is 2. The third kappa shape index (κ3) is 5.82. The third-order valence-corrected chi connectivity index (χ3v) is 3.03. The molecule has 0 unspecified atom stereocenters. The van der Waals surface area contributed by atoms with E-state index in [0.717, 1.165) is 11.0 Å². The fourth-order valence-electron chi connectivity index (χ4n) is 1.86. The molecule has 0 aliphatic rings. The third-order valence-electron chi connectivity index (χ3n) is 3.03. The molecule has 0 aliphatic heterocycles. The Morgan fingerprint density at radius 3 is 2.37 bits per heavy atom. The van der Waals surface area contributed by atoms with Gasteiger partial charge in [0, 0.05) is 39.5 Å². The Labute approximate surface area is 162 Å². The minimum Gasteiger partial charge on any atom is -0.504 e. The predicted molar refractivity (Wildman–Crippen MR) is 79.4 cm³/mol. The number of fused-ring (bicyclic) bond motifs is 3. The summed E-state index contributed by atoms with van der Waals surface area (Å²) in [4.78, 5) is 14.1. The number of carbonyl (C=O) groups excluding carboxylic acids is 1. The van der Waals surface area contributed by atoms with Crippen molar-refractivity contribution in [2.75, 3.05) is 0 Å². The van der Waals surface area contributed by atoms with E-state index >= 15 is 0 Å². The van der Waals surface area contributed by atoms with Gasteiger partial charge in [-0.25, -0.2) is 0 Å². The van der Waals surface area contributed by atoms with Crippen LogP contribution in [0, 0.1) is 6.07 Å². The van der Waals surface area contributed by atoms with E-state index in [1.807, 2.05) is 28.9 Å². The summed E-state index contributed by atoms with van der Waals surface area (Å²) in [7, 11) is 0. The van der Waals surface area contributed by atoms with Crippen LogP contribution in [0.25, 0.3) is 16.4 Å². The van der Waals surface area contributed by atoms with E-state index in [0.29, 0.717) is 0 Å². The topological polar surface area (TPSA) is 54.6 Å². The molecule has 4 nitrogen and oxygen atoms in total. The number of hydrogen-bond donors (Lipinski definition) is 1. The van der Waals surface area contributed by atoms with Crippen LogP contribution in [0.4, 0.5) is 26.3 Å². The Balaban J connectivity index is 0.000000260. The largest absolute Gasteiger partial charge is 0.504 e. The van der Waals surface area contributed by atoms with Crippen LogP contribution in [0.1, 0.15) is 0 Å². The van der Waals surface area contributed by atoms with Crippen LogP contribution in [0.5, 0.6) is 0 Å². The SMILES string of the molecule is O=C(/C=C(\O)C(F)(F)F)C(F)(F)F.[Pt].[c-]1cccc2ccn3ccnc3c12. The summed E-state index contributed by atoms with van der Waals surface area (Å²) in [5, 5.41) is 10.2. The van der Waals surface area contributed by atoms with Gasteiger partial charge in [-0.15, -0.1) is 35.0 Å². The van der Waals surface area contributed by atoms with E-state index in [1.54, 1.807) is 6.20 Å². The van der Waals surface area contributed by atoms with E-state index in [4.69, 9.17) is 5.11 Å². The van der Waals surface area contributed by atoms with Crippen LogP contribution >= 0.6 is 0 Å². The van der Waals surface area contributed by atoms with Gasteiger partial charge in [-0.05, 0) is 6.20 Å². The molecule has 11 heteroatoms. The molecular formula is C16H9F6N2O2Pt-. The van der Waals surface area contributed by atoms with Crippen molar-refractivity contribution in [3.8, 4) is 0 Å². The van der Waals surface area contributed by atoms with Crippen molar-refractivity contribution in [2.24, 2.45) is 0 Å². The van der Waals surface area contributed by atoms with Gasteiger partial charge in [0.2, 0.25) is 5.76 Å². The van der Waals surface area contributed by atoms with Gasteiger partial charge in [-0.3, -0.25) is 9.78 Å². The minimum atomic E-state index is -5.42. The molecule has 2 aromatic heterocycles. The van der Waals surface area contributed by atoms with Gasteiger partial charge in [-0.2, -0.15) is 26.3 Å². The summed E-state index contributed by atoms with van der Waals surface area (Å²) in [5.41, 5.74) is 0.970. The first-order chi connectivity index (χ1) is 12.0. The zero-order valence-corrected chi connectivity index (χ0v) is 15.2. The van der Waals surface area contributed by atoms with Crippen molar-refractivity contribution in [1.82, 2.24) is 9.38 Å². The first kappa shape index (κ1) is 22.7. The van der Waals surface area contributed by atoms with E-state index < -0.39 is 30.0 Å². The van der Waals surface area contributed by atoms with E-state index in [2.05, 4.69) is 23.2 Å². The number of benzene rings is 1. The molecule has 3 rings (SSSR count). The second-order valence-corrected chi connectivity index (χ2v) is 4.86. The zero-order chi connectivity index (χ0) is 19.5. The molecule has 0 saturated heterocycles. The monoisotopic (exact) mass is 570 g/mol. The number of halogens is 6. The van der Waals surface area contributed by atoms with E-state index in [1.165, 1.54) is 5.39 Å².